The van der Waals surface area contributed by atoms with Crippen LogP contribution >= 0.6 is 11.6 Å². The molecule has 132 valence electrons. The molecule has 0 radical (unpaired) electrons. The molecular weight excluding hydrogens is 336 g/mol. The molecule has 5 nitrogen and oxygen atoms in total. The Morgan fingerprint density at radius 2 is 2.16 bits per heavy atom. The minimum atomic E-state index is 0.157. The first-order valence-electron chi connectivity index (χ1n) is 9.02. The van der Waals surface area contributed by atoms with Gasteiger partial charge in [-0.05, 0) is 36.8 Å². The third-order valence-electron chi connectivity index (χ3n) is 5.95. The zero-order chi connectivity index (χ0) is 17.4. The highest BCUT2D eigenvalue weighted by atomic mass is 35.5. The molecule has 0 bridgehead atoms. The highest BCUT2D eigenvalue weighted by Gasteiger charge is 2.53. The highest BCUT2D eigenvalue weighted by Crippen LogP contribution is 2.55. The fraction of sp³-hybridized carbons (Fsp3) is 0.526. The molecule has 1 aliphatic carbocycles. The number of rotatable bonds is 4. The van der Waals surface area contributed by atoms with Gasteiger partial charge in [-0.25, -0.2) is 0 Å². The molecule has 1 aromatic heterocycles. The highest BCUT2D eigenvalue weighted by molar-refractivity contribution is 6.31. The van der Waals surface area contributed by atoms with E-state index < -0.39 is 0 Å². The SMILES string of the molecule is CCn1cnnc1C1CN(C(=O)Cc2ccccc2Cl)CC12CCC2. The summed E-state index contributed by atoms with van der Waals surface area (Å²) in [6.07, 6.45) is 5.75. The molecule has 1 atom stereocenters. The monoisotopic (exact) mass is 358 g/mol. The quantitative estimate of drug-likeness (QED) is 0.842. The van der Waals surface area contributed by atoms with E-state index in [1.54, 1.807) is 6.33 Å². The molecule has 1 spiro atoms. The molecule has 1 aromatic carbocycles. The summed E-state index contributed by atoms with van der Waals surface area (Å²) < 4.78 is 2.12. The maximum Gasteiger partial charge on any atom is 0.227 e. The first-order chi connectivity index (χ1) is 12.1. The summed E-state index contributed by atoms with van der Waals surface area (Å²) in [6, 6.07) is 7.59. The first-order valence-corrected chi connectivity index (χ1v) is 9.39. The van der Waals surface area contributed by atoms with Crippen LogP contribution < -0.4 is 0 Å². The summed E-state index contributed by atoms with van der Waals surface area (Å²) in [5, 5.41) is 9.16. The van der Waals surface area contributed by atoms with Gasteiger partial charge in [0.2, 0.25) is 5.91 Å². The molecule has 4 rings (SSSR count). The minimum absolute atomic E-state index is 0.157. The van der Waals surface area contributed by atoms with Crippen molar-refractivity contribution in [1.29, 1.82) is 0 Å². The lowest BCUT2D eigenvalue weighted by atomic mass is 9.62. The van der Waals surface area contributed by atoms with Crippen molar-refractivity contribution in [2.75, 3.05) is 13.1 Å². The lowest BCUT2D eigenvalue weighted by Crippen LogP contribution is -2.38. The fourth-order valence-corrected chi connectivity index (χ4v) is 4.55. The van der Waals surface area contributed by atoms with Crippen LogP contribution in [-0.2, 0) is 17.8 Å². The Kier molecular flexibility index (Phi) is 4.28. The van der Waals surface area contributed by atoms with Crippen molar-refractivity contribution in [2.45, 2.75) is 45.1 Å². The third-order valence-corrected chi connectivity index (χ3v) is 6.32. The van der Waals surface area contributed by atoms with Crippen molar-refractivity contribution >= 4 is 17.5 Å². The second-order valence-electron chi connectivity index (χ2n) is 7.29. The van der Waals surface area contributed by atoms with Crippen LogP contribution in [0.15, 0.2) is 30.6 Å². The van der Waals surface area contributed by atoms with Crippen molar-refractivity contribution in [3.05, 3.63) is 47.0 Å². The zero-order valence-corrected chi connectivity index (χ0v) is 15.2. The molecule has 1 saturated heterocycles. The topological polar surface area (TPSA) is 51.0 Å². The summed E-state index contributed by atoms with van der Waals surface area (Å²) in [7, 11) is 0. The van der Waals surface area contributed by atoms with E-state index in [1.165, 1.54) is 19.3 Å². The molecular formula is C19H23ClN4O. The molecule has 2 heterocycles. The number of aryl methyl sites for hydroxylation is 1. The van der Waals surface area contributed by atoms with Crippen LogP contribution in [-0.4, -0.2) is 38.7 Å². The van der Waals surface area contributed by atoms with E-state index >= 15 is 0 Å². The van der Waals surface area contributed by atoms with Gasteiger partial charge in [0, 0.05) is 30.6 Å². The number of amides is 1. The van der Waals surface area contributed by atoms with E-state index in [-0.39, 0.29) is 11.3 Å². The summed E-state index contributed by atoms with van der Waals surface area (Å²) in [4.78, 5) is 14.9. The Labute approximate surface area is 153 Å². The number of likely N-dealkylation sites (tertiary alicyclic amines) is 1. The number of hydrogen-bond donors (Lipinski definition) is 0. The fourth-order valence-electron chi connectivity index (χ4n) is 4.35. The maximum atomic E-state index is 12.9. The second kappa shape index (κ2) is 6.45. The number of benzene rings is 1. The Morgan fingerprint density at radius 1 is 1.36 bits per heavy atom. The molecule has 1 unspecified atom stereocenters. The molecule has 6 heteroatoms. The predicted octanol–water partition coefficient (Wildman–Crippen LogP) is 3.29. The molecule has 1 saturated carbocycles. The largest absolute Gasteiger partial charge is 0.341 e. The molecule has 2 aliphatic rings. The van der Waals surface area contributed by atoms with Gasteiger partial charge < -0.3 is 9.47 Å². The van der Waals surface area contributed by atoms with Gasteiger partial charge in [-0.3, -0.25) is 4.79 Å². The Balaban J connectivity index is 1.55. The van der Waals surface area contributed by atoms with Gasteiger partial charge >= 0.3 is 0 Å². The Bertz CT molecular complexity index is 783. The molecule has 2 fully saturated rings. The van der Waals surface area contributed by atoms with Gasteiger partial charge in [0.25, 0.3) is 0 Å². The second-order valence-corrected chi connectivity index (χ2v) is 7.69. The minimum Gasteiger partial charge on any atom is -0.341 e. The Hall–Kier alpha value is -1.88. The number of carbonyl (C=O) groups is 1. The first kappa shape index (κ1) is 16.6. The van der Waals surface area contributed by atoms with Crippen LogP contribution in [0.3, 0.4) is 0 Å². The number of aromatic nitrogens is 3. The van der Waals surface area contributed by atoms with E-state index in [9.17, 15) is 4.79 Å². The van der Waals surface area contributed by atoms with E-state index in [0.717, 1.165) is 31.0 Å². The summed E-state index contributed by atoms with van der Waals surface area (Å²) >= 11 is 6.23. The molecule has 2 aromatic rings. The van der Waals surface area contributed by atoms with Crippen LogP contribution in [0, 0.1) is 5.41 Å². The molecule has 0 N–H and O–H groups in total. The normalized spacial score (nSPS) is 21.5. The average Bonchev–Trinajstić information content (AvgIpc) is 3.20. The van der Waals surface area contributed by atoms with E-state index in [2.05, 4.69) is 21.7 Å². The Morgan fingerprint density at radius 3 is 2.84 bits per heavy atom. The number of nitrogens with zero attached hydrogens (tertiary/aromatic N) is 4. The maximum absolute atomic E-state index is 12.9. The van der Waals surface area contributed by atoms with Gasteiger partial charge in [0.1, 0.15) is 12.2 Å². The van der Waals surface area contributed by atoms with Gasteiger partial charge in [0.05, 0.1) is 6.42 Å². The van der Waals surface area contributed by atoms with Crippen LogP contribution in [0.5, 0.6) is 0 Å². The number of carbonyl (C=O) groups excluding carboxylic acids is 1. The average molecular weight is 359 g/mol. The van der Waals surface area contributed by atoms with Gasteiger partial charge in [-0.2, -0.15) is 0 Å². The summed E-state index contributed by atoms with van der Waals surface area (Å²) in [6.45, 7) is 4.54. The van der Waals surface area contributed by atoms with Crippen molar-refractivity contribution in [3.63, 3.8) is 0 Å². The van der Waals surface area contributed by atoms with Crippen molar-refractivity contribution in [1.82, 2.24) is 19.7 Å². The van der Waals surface area contributed by atoms with Gasteiger partial charge in [0.15, 0.2) is 0 Å². The van der Waals surface area contributed by atoms with E-state index in [0.29, 0.717) is 17.4 Å². The standard InChI is InChI=1S/C19H23ClN4O/c1-2-23-13-21-22-18(23)15-11-24(12-19(15)8-5-9-19)17(25)10-14-6-3-4-7-16(14)20/h3-4,6-7,13,15H,2,5,8-12H2,1H3. The smallest absolute Gasteiger partial charge is 0.227 e. The van der Waals surface area contributed by atoms with Gasteiger partial charge in [-0.15, -0.1) is 10.2 Å². The summed E-state index contributed by atoms with van der Waals surface area (Å²) in [5.74, 6) is 1.48. The van der Waals surface area contributed by atoms with E-state index in [1.807, 2.05) is 29.2 Å². The van der Waals surface area contributed by atoms with Crippen LogP contribution in [0.2, 0.25) is 5.02 Å². The van der Waals surface area contributed by atoms with Crippen LogP contribution in [0.1, 0.15) is 43.5 Å². The zero-order valence-electron chi connectivity index (χ0n) is 14.5. The van der Waals surface area contributed by atoms with Crippen molar-refractivity contribution < 1.29 is 4.79 Å². The lowest BCUT2D eigenvalue weighted by Gasteiger charge is -2.42. The van der Waals surface area contributed by atoms with Crippen LogP contribution in [0.4, 0.5) is 0 Å². The molecule has 25 heavy (non-hydrogen) atoms. The number of halogens is 1. The van der Waals surface area contributed by atoms with Gasteiger partial charge in [-0.1, -0.05) is 36.2 Å². The predicted molar refractivity (Wildman–Crippen MR) is 96.5 cm³/mol. The van der Waals surface area contributed by atoms with Crippen molar-refractivity contribution in [3.8, 4) is 0 Å². The van der Waals surface area contributed by atoms with Crippen molar-refractivity contribution in [2.24, 2.45) is 5.41 Å². The summed E-state index contributed by atoms with van der Waals surface area (Å²) in [5.41, 5.74) is 1.09. The van der Waals surface area contributed by atoms with E-state index in [4.69, 9.17) is 11.6 Å². The lowest BCUT2D eigenvalue weighted by molar-refractivity contribution is -0.130. The molecule has 1 aliphatic heterocycles. The molecule has 1 amide bonds. The third kappa shape index (κ3) is 2.84. The number of hydrogen-bond acceptors (Lipinski definition) is 3. The van der Waals surface area contributed by atoms with Crippen LogP contribution in [0.25, 0.3) is 0 Å².